The van der Waals surface area contributed by atoms with Gasteiger partial charge in [0.1, 0.15) is 12.9 Å². The van der Waals surface area contributed by atoms with Crippen molar-refractivity contribution in [3.8, 4) is 0 Å². The van der Waals surface area contributed by atoms with Gasteiger partial charge in [0.15, 0.2) is 5.82 Å². The van der Waals surface area contributed by atoms with E-state index in [4.69, 9.17) is 9.84 Å². The van der Waals surface area contributed by atoms with Crippen LogP contribution in [0.3, 0.4) is 0 Å². The summed E-state index contributed by atoms with van der Waals surface area (Å²) in [6.45, 7) is 3.56. The smallest absolute Gasteiger partial charge is 0.158 e. The minimum absolute atomic E-state index is 0.0733. The molecule has 2 rings (SSSR count). The molecule has 1 aromatic heterocycles. The second-order valence-electron chi connectivity index (χ2n) is 3.94. The van der Waals surface area contributed by atoms with Crippen LogP contribution in [0.25, 0.3) is 0 Å². The molecule has 5 nitrogen and oxygen atoms in total. The first kappa shape index (κ1) is 9.61. The molecule has 2 heterocycles. The van der Waals surface area contributed by atoms with Crippen LogP contribution >= 0.6 is 0 Å². The number of ether oxygens (including phenoxy) is 1. The van der Waals surface area contributed by atoms with Crippen molar-refractivity contribution in [1.29, 1.82) is 0 Å². The fourth-order valence-electron chi connectivity index (χ4n) is 1.86. The summed E-state index contributed by atoms with van der Waals surface area (Å²) in [6, 6.07) is 0. The number of nitrogens with zero attached hydrogens (tertiary/aromatic N) is 3. The summed E-state index contributed by atoms with van der Waals surface area (Å²) < 4.78 is 7.51. The van der Waals surface area contributed by atoms with Gasteiger partial charge < -0.3 is 14.4 Å². The van der Waals surface area contributed by atoms with E-state index in [0.29, 0.717) is 5.82 Å². The van der Waals surface area contributed by atoms with E-state index >= 15 is 0 Å². The summed E-state index contributed by atoms with van der Waals surface area (Å²) in [7, 11) is 0. The number of aromatic nitrogens is 3. The van der Waals surface area contributed by atoms with Crippen molar-refractivity contribution < 1.29 is 9.84 Å². The van der Waals surface area contributed by atoms with Gasteiger partial charge in [-0.3, -0.25) is 0 Å². The Morgan fingerprint density at radius 2 is 2.57 bits per heavy atom. The highest BCUT2D eigenvalue weighted by Crippen LogP contribution is 2.26. The van der Waals surface area contributed by atoms with E-state index < -0.39 is 0 Å². The number of hydrogen-bond acceptors (Lipinski definition) is 4. The Morgan fingerprint density at radius 1 is 1.71 bits per heavy atom. The van der Waals surface area contributed by atoms with E-state index in [2.05, 4.69) is 17.1 Å². The van der Waals surface area contributed by atoms with Gasteiger partial charge in [-0.05, 0) is 19.8 Å². The first-order valence-electron chi connectivity index (χ1n) is 4.85. The lowest BCUT2D eigenvalue weighted by atomic mass is 10.0. The van der Waals surface area contributed by atoms with Crippen LogP contribution in [0.2, 0.25) is 0 Å². The standard InChI is InChI=1S/C9H15N3O2/c1-9(3-2-4-14-9)6-12-7-10-11-8(12)5-13/h7,13H,2-6H2,1H3. The molecule has 0 aliphatic carbocycles. The van der Waals surface area contributed by atoms with E-state index in [1.165, 1.54) is 0 Å². The van der Waals surface area contributed by atoms with E-state index in [0.717, 1.165) is 26.0 Å². The highest BCUT2D eigenvalue weighted by Gasteiger charge is 2.30. The summed E-state index contributed by atoms with van der Waals surface area (Å²) in [4.78, 5) is 0. The molecule has 0 aromatic carbocycles. The van der Waals surface area contributed by atoms with Crippen LogP contribution < -0.4 is 0 Å². The first-order valence-corrected chi connectivity index (χ1v) is 4.85. The molecule has 0 bridgehead atoms. The monoisotopic (exact) mass is 197 g/mol. The summed E-state index contributed by atoms with van der Waals surface area (Å²) in [5.74, 6) is 0.599. The average Bonchev–Trinajstić information content (AvgIpc) is 2.75. The molecule has 1 N–H and O–H groups in total. The van der Waals surface area contributed by atoms with Gasteiger partial charge in [-0.15, -0.1) is 10.2 Å². The Hall–Kier alpha value is -0.940. The van der Waals surface area contributed by atoms with Gasteiger partial charge in [-0.2, -0.15) is 0 Å². The highest BCUT2D eigenvalue weighted by molar-refractivity contribution is 4.88. The maximum absolute atomic E-state index is 9.00. The molecule has 0 spiro atoms. The van der Waals surface area contributed by atoms with Crippen LogP contribution in [-0.2, 0) is 17.9 Å². The van der Waals surface area contributed by atoms with Gasteiger partial charge in [-0.25, -0.2) is 0 Å². The van der Waals surface area contributed by atoms with Crippen LogP contribution in [0.1, 0.15) is 25.6 Å². The molecule has 1 unspecified atom stereocenters. The lowest BCUT2D eigenvalue weighted by molar-refractivity contribution is 0.00493. The van der Waals surface area contributed by atoms with Gasteiger partial charge in [0.05, 0.1) is 12.1 Å². The molecule has 1 fully saturated rings. The van der Waals surface area contributed by atoms with Crippen molar-refractivity contribution in [3.63, 3.8) is 0 Å². The molecule has 0 radical (unpaired) electrons. The molecule has 1 saturated heterocycles. The third-order valence-corrected chi connectivity index (χ3v) is 2.64. The van der Waals surface area contributed by atoms with Gasteiger partial charge in [0.2, 0.25) is 0 Å². The maximum atomic E-state index is 9.00. The number of hydrogen-bond donors (Lipinski definition) is 1. The topological polar surface area (TPSA) is 60.2 Å². The molecule has 1 aliphatic rings. The van der Waals surface area contributed by atoms with Crippen molar-refractivity contribution in [1.82, 2.24) is 14.8 Å². The summed E-state index contributed by atoms with van der Waals surface area (Å²) >= 11 is 0. The number of aliphatic hydroxyl groups is 1. The van der Waals surface area contributed by atoms with Gasteiger partial charge in [0, 0.05) is 6.61 Å². The second-order valence-corrected chi connectivity index (χ2v) is 3.94. The van der Waals surface area contributed by atoms with Crippen molar-refractivity contribution in [2.75, 3.05) is 6.61 Å². The summed E-state index contributed by atoms with van der Waals surface area (Å²) in [5, 5.41) is 16.6. The molecular formula is C9H15N3O2. The highest BCUT2D eigenvalue weighted by atomic mass is 16.5. The second kappa shape index (κ2) is 3.67. The van der Waals surface area contributed by atoms with Crippen LogP contribution in [0.4, 0.5) is 0 Å². The Bertz CT molecular complexity index is 305. The molecule has 0 saturated carbocycles. The molecule has 1 aromatic rings. The Kier molecular flexibility index (Phi) is 2.52. The third-order valence-electron chi connectivity index (χ3n) is 2.64. The van der Waals surface area contributed by atoms with Crippen LogP contribution in [0, 0.1) is 0 Å². The number of rotatable bonds is 3. The van der Waals surface area contributed by atoms with Gasteiger partial charge in [0.25, 0.3) is 0 Å². The Balaban J connectivity index is 2.09. The fourth-order valence-corrected chi connectivity index (χ4v) is 1.86. The zero-order valence-electron chi connectivity index (χ0n) is 8.31. The van der Waals surface area contributed by atoms with Crippen molar-refractivity contribution in [3.05, 3.63) is 12.2 Å². The molecular weight excluding hydrogens is 182 g/mol. The minimum atomic E-state index is -0.119. The van der Waals surface area contributed by atoms with E-state index in [9.17, 15) is 0 Å². The van der Waals surface area contributed by atoms with Gasteiger partial charge in [-0.1, -0.05) is 0 Å². The quantitative estimate of drug-likeness (QED) is 0.759. The Labute approximate surface area is 82.7 Å². The molecule has 0 amide bonds. The van der Waals surface area contributed by atoms with Crippen LogP contribution in [0.5, 0.6) is 0 Å². The normalized spacial score (nSPS) is 27.0. The SMILES string of the molecule is CC1(Cn2cnnc2CO)CCCO1. The molecule has 78 valence electrons. The van der Waals surface area contributed by atoms with Crippen LogP contribution in [-0.4, -0.2) is 32.1 Å². The van der Waals surface area contributed by atoms with Crippen LogP contribution in [0.15, 0.2) is 6.33 Å². The average molecular weight is 197 g/mol. The molecule has 5 heteroatoms. The maximum Gasteiger partial charge on any atom is 0.158 e. The summed E-state index contributed by atoms with van der Waals surface area (Å²) in [5.41, 5.74) is -0.119. The van der Waals surface area contributed by atoms with Crippen molar-refractivity contribution >= 4 is 0 Å². The lowest BCUT2D eigenvalue weighted by Crippen LogP contribution is -2.30. The fraction of sp³-hybridized carbons (Fsp3) is 0.778. The van der Waals surface area contributed by atoms with Crippen molar-refractivity contribution in [2.24, 2.45) is 0 Å². The molecule has 1 atom stereocenters. The van der Waals surface area contributed by atoms with Gasteiger partial charge >= 0.3 is 0 Å². The number of aliphatic hydroxyl groups excluding tert-OH is 1. The van der Waals surface area contributed by atoms with E-state index in [-0.39, 0.29) is 12.2 Å². The van der Waals surface area contributed by atoms with E-state index in [1.807, 2.05) is 4.57 Å². The first-order chi connectivity index (χ1) is 6.73. The van der Waals surface area contributed by atoms with Crippen molar-refractivity contribution in [2.45, 2.75) is 38.5 Å². The zero-order chi connectivity index (χ0) is 10.0. The predicted molar refractivity (Wildman–Crippen MR) is 49.5 cm³/mol. The Morgan fingerprint density at radius 3 is 3.21 bits per heavy atom. The predicted octanol–water partition coefficient (Wildman–Crippen LogP) is 0.339. The zero-order valence-corrected chi connectivity index (χ0v) is 8.31. The minimum Gasteiger partial charge on any atom is -0.388 e. The third kappa shape index (κ3) is 1.78. The molecule has 14 heavy (non-hydrogen) atoms. The van der Waals surface area contributed by atoms with E-state index in [1.54, 1.807) is 6.33 Å². The molecule has 1 aliphatic heterocycles. The summed E-state index contributed by atoms with van der Waals surface area (Å²) in [6.07, 6.45) is 3.79. The lowest BCUT2D eigenvalue weighted by Gasteiger charge is -2.23. The largest absolute Gasteiger partial charge is 0.388 e.